The monoisotopic (exact) mass is 317 g/mol. The molecule has 0 fully saturated rings. The maximum absolute atomic E-state index is 9.13. The molecule has 0 unspecified atom stereocenters. The molecule has 0 bridgehead atoms. The van der Waals surface area contributed by atoms with Crippen molar-refractivity contribution in [1.29, 1.82) is 0 Å². The number of aliphatic hydroxyl groups excluding tert-OH is 1. The number of aryl methyl sites for hydroxylation is 2. The van der Waals surface area contributed by atoms with Gasteiger partial charge in [-0.2, -0.15) is 10.2 Å². The number of aromatic nitrogens is 4. The van der Waals surface area contributed by atoms with E-state index in [0.29, 0.717) is 12.6 Å². The van der Waals surface area contributed by atoms with E-state index >= 15 is 0 Å². The molecule has 0 radical (unpaired) electrons. The predicted molar refractivity (Wildman–Crippen MR) is 89.2 cm³/mol. The van der Waals surface area contributed by atoms with Crippen LogP contribution >= 0.6 is 0 Å². The summed E-state index contributed by atoms with van der Waals surface area (Å²) in [5.74, 6) is 0. The fraction of sp³-hybridized carbons (Fsp3) is 0.647. The third-order valence-electron chi connectivity index (χ3n) is 4.93. The molecule has 2 aromatic heterocycles. The van der Waals surface area contributed by atoms with E-state index in [-0.39, 0.29) is 6.61 Å². The zero-order chi connectivity index (χ0) is 16.4. The van der Waals surface area contributed by atoms with Crippen LogP contribution in [0, 0.1) is 13.8 Å². The maximum atomic E-state index is 9.13. The van der Waals surface area contributed by atoms with Crippen LogP contribution in [0.2, 0.25) is 0 Å². The van der Waals surface area contributed by atoms with Crippen molar-refractivity contribution in [2.24, 2.45) is 0 Å². The molecular formula is C17H27N5O. The molecule has 0 aromatic carbocycles. The number of hydrogen-bond donors (Lipinski definition) is 2. The van der Waals surface area contributed by atoms with Crippen LogP contribution in [0.5, 0.6) is 0 Å². The Morgan fingerprint density at radius 1 is 1.35 bits per heavy atom. The van der Waals surface area contributed by atoms with Gasteiger partial charge in [-0.15, -0.1) is 0 Å². The molecule has 1 atom stereocenters. The average Bonchev–Trinajstić information content (AvgIpc) is 3.08. The van der Waals surface area contributed by atoms with Crippen LogP contribution in [0.4, 0.5) is 0 Å². The molecule has 0 aliphatic heterocycles. The van der Waals surface area contributed by atoms with Gasteiger partial charge in [0.1, 0.15) is 0 Å². The minimum atomic E-state index is 0.122. The molecule has 23 heavy (non-hydrogen) atoms. The summed E-state index contributed by atoms with van der Waals surface area (Å²) in [6.07, 6.45) is 5.53. The van der Waals surface area contributed by atoms with E-state index in [4.69, 9.17) is 5.11 Å². The van der Waals surface area contributed by atoms with E-state index in [2.05, 4.69) is 34.0 Å². The molecule has 3 rings (SSSR count). The zero-order valence-corrected chi connectivity index (χ0v) is 14.3. The van der Waals surface area contributed by atoms with Gasteiger partial charge in [-0.25, -0.2) is 0 Å². The Kier molecular flexibility index (Phi) is 4.82. The van der Waals surface area contributed by atoms with Gasteiger partial charge in [0.2, 0.25) is 0 Å². The highest BCUT2D eigenvalue weighted by Gasteiger charge is 2.24. The van der Waals surface area contributed by atoms with Crippen molar-refractivity contribution in [2.45, 2.75) is 65.7 Å². The number of fused-ring (bicyclic) bond motifs is 1. The molecule has 2 N–H and O–H groups in total. The molecule has 1 aliphatic carbocycles. The maximum Gasteiger partial charge on any atom is 0.0644 e. The predicted octanol–water partition coefficient (Wildman–Crippen LogP) is 1.88. The van der Waals surface area contributed by atoms with E-state index in [1.807, 2.05) is 17.8 Å². The van der Waals surface area contributed by atoms with Crippen molar-refractivity contribution in [3.05, 3.63) is 34.4 Å². The third-order valence-corrected chi connectivity index (χ3v) is 4.93. The Hall–Kier alpha value is -1.66. The number of hydrogen-bond acceptors (Lipinski definition) is 4. The standard InChI is InChI=1S/C17H27N5O/c1-4-21-17-7-5-6-16(15(17)11-19-21)18-10-14-12(2)20-22(8-9-23)13(14)3/h11,16,18,23H,4-10H2,1-3H3/t16-/m1/s1. The second kappa shape index (κ2) is 6.84. The van der Waals surface area contributed by atoms with Crippen LogP contribution < -0.4 is 5.32 Å². The molecule has 0 spiro atoms. The fourth-order valence-electron chi connectivity index (χ4n) is 3.63. The van der Waals surface area contributed by atoms with Gasteiger partial charge in [0.05, 0.1) is 25.0 Å². The summed E-state index contributed by atoms with van der Waals surface area (Å²) in [4.78, 5) is 0. The smallest absolute Gasteiger partial charge is 0.0644 e. The second-order valence-electron chi connectivity index (χ2n) is 6.28. The summed E-state index contributed by atoms with van der Waals surface area (Å²) < 4.78 is 4.02. The quantitative estimate of drug-likeness (QED) is 0.853. The molecule has 6 heteroatoms. The van der Waals surface area contributed by atoms with Crippen LogP contribution in [0.3, 0.4) is 0 Å². The van der Waals surface area contributed by atoms with Gasteiger partial charge in [0.25, 0.3) is 0 Å². The Morgan fingerprint density at radius 2 is 2.17 bits per heavy atom. The van der Waals surface area contributed by atoms with Gasteiger partial charge in [-0.1, -0.05) is 0 Å². The average molecular weight is 317 g/mol. The van der Waals surface area contributed by atoms with Gasteiger partial charge in [0.15, 0.2) is 0 Å². The first-order chi connectivity index (χ1) is 11.2. The van der Waals surface area contributed by atoms with E-state index in [9.17, 15) is 0 Å². The Labute approximate surface area is 137 Å². The van der Waals surface area contributed by atoms with Gasteiger partial charge >= 0.3 is 0 Å². The molecule has 0 amide bonds. The lowest BCUT2D eigenvalue weighted by atomic mass is 9.92. The van der Waals surface area contributed by atoms with Crippen molar-refractivity contribution in [3.8, 4) is 0 Å². The van der Waals surface area contributed by atoms with Gasteiger partial charge in [0, 0.05) is 41.6 Å². The van der Waals surface area contributed by atoms with Crippen LogP contribution in [0.1, 0.15) is 54.0 Å². The largest absolute Gasteiger partial charge is 0.394 e. The normalized spacial score (nSPS) is 17.5. The van der Waals surface area contributed by atoms with E-state index in [1.165, 1.54) is 23.2 Å². The van der Waals surface area contributed by atoms with Crippen molar-refractivity contribution >= 4 is 0 Å². The Balaban J connectivity index is 1.74. The van der Waals surface area contributed by atoms with Crippen LogP contribution in [-0.4, -0.2) is 31.3 Å². The minimum absolute atomic E-state index is 0.122. The lowest BCUT2D eigenvalue weighted by molar-refractivity contribution is 0.267. The molecule has 0 saturated carbocycles. The summed E-state index contributed by atoms with van der Waals surface area (Å²) in [6.45, 7) is 8.69. The topological polar surface area (TPSA) is 67.9 Å². The first-order valence-corrected chi connectivity index (χ1v) is 8.57. The lowest BCUT2D eigenvalue weighted by Crippen LogP contribution is -2.25. The second-order valence-corrected chi connectivity index (χ2v) is 6.28. The molecule has 2 aromatic rings. The highest BCUT2D eigenvalue weighted by atomic mass is 16.3. The highest BCUT2D eigenvalue weighted by Crippen LogP contribution is 2.30. The zero-order valence-electron chi connectivity index (χ0n) is 14.3. The molecule has 2 heterocycles. The van der Waals surface area contributed by atoms with Crippen LogP contribution in [0.25, 0.3) is 0 Å². The number of aliphatic hydroxyl groups is 1. The minimum Gasteiger partial charge on any atom is -0.394 e. The van der Waals surface area contributed by atoms with Crippen molar-refractivity contribution < 1.29 is 5.11 Å². The fourth-order valence-corrected chi connectivity index (χ4v) is 3.63. The van der Waals surface area contributed by atoms with Gasteiger partial charge in [-0.3, -0.25) is 9.36 Å². The van der Waals surface area contributed by atoms with Gasteiger partial charge < -0.3 is 10.4 Å². The number of rotatable bonds is 6. The SMILES string of the molecule is CCn1ncc2c1CCC[C@H]2NCc1c(C)nn(CCO)c1C. The summed E-state index contributed by atoms with van der Waals surface area (Å²) in [5, 5.41) is 21.9. The lowest BCUT2D eigenvalue weighted by Gasteiger charge is -2.24. The Bertz CT molecular complexity index is 673. The third kappa shape index (κ3) is 3.05. The Morgan fingerprint density at radius 3 is 2.91 bits per heavy atom. The van der Waals surface area contributed by atoms with E-state index < -0.39 is 0 Å². The van der Waals surface area contributed by atoms with Crippen molar-refractivity contribution in [1.82, 2.24) is 24.9 Å². The summed E-state index contributed by atoms with van der Waals surface area (Å²) in [7, 11) is 0. The molecule has 126 valence electrons. The molecular weight excluding hydrogens is 290 g/mol. The van der Waals surface area contributed by atoms with E-state index in [1.54, 1.807) is 0 Å². The molecule has 6 nitrogen and oxygen atoms in total. The summed E-state index contributed by atoms with van der Waals surface area (Å²) in [6, 6.07) is 0.374. The highest BCUT2D eigenvalue weighted by molar-refractivity contribution is 5.27. The number of nitrogens with zero attached hydrogens (tertiary/aromatic N) is 4. The van der Waals surface area contributed by atoms with Crippen LogP contribution in [-0.2, 0) is 26.1 Å². The van der Waals surface area contributed by atoms with E-state index in [0.717, 1.165) is 37.3 Å². The molecule has 1 aliphatic rings. The summed E-state index contributed by atoms with van der Waals surface area (Å²) >= 11 is 0. The number of nitrogens with one attached hydrogen (secondary N) is 1. The van der Waals surface area contributed by atoms with Gasteiger partial charge in [-0.05, 0) is 40.0 Å². The first kappa shape index (κ1) is 16.2. The first-order valence-electron chi connectivity index (χ1n) is 8.57. The summed E-state index contributed by atoms with van der Waals surface area (Å²) in [5.41, 5.74) is 6.18. The molecule has 0 saturated heterocycles. The van der Waals surface area contributed by atoms with Crippen molar-refractivity contribution in [3.63, 3.8) is 0 Å². The van der Waals surface area contributed by atoms with Crippen molar-refractivity contribution in [2.75, 3.05) is 6.61 Å². The van der Waals surface area contributed by atoms with Crippen LogP contribution in [0.15, 0.2) is 6.20 Å².